The largest absolute Gasteiger partial charge is 0.457 e. The number of hydrogen-bond acceptors (Lipinski definition) is 1. The average molecular weight is 274 g/mol. The van der Waals surface area contributed by atoms with E-state index in [0.717, 1.165) is 11.5 Å². The summed E-state index contributed by atoms with van der Waals surface area (Å²) in [4.78, 5) is 0. The first-order valence-electron chi connectivity index (χ1n) is 7.13. The summed E-state index contributed by atoms with van der Waals surface area (Å²) in [5.74, 6) is 1.72. The lowest BCUT2D eigenvalue weighted by Gasteiger charge is -2.12. The summed E-state index contributed by atoms with van der Waals surface area (Å²) in [5.41, 5.74) is 5.05. The van der Waals surface area contributed by atoms with Gasteiger partial charge in [-0.25, -0.2) is 0 Å². The summed E-state index contributed by atoms with van der Waals surface area (Å²) < 4.78 is 5.92. The molecule has 0 saturated carbocycles. The van der Waals surface area contributed by atoms with E-state index in [2.05, 4.69) is 44.2 Å². The quantitative estimate of drug-likeness (QED) is 0.589. The number of ether oxygens (including phenoxy) is 1. The smallest absolute Gasteiger partial charge is 0.128 e. The molecule has 0 amide bonds. The molecule has 0 aromatic heterocycles. The molecule has 0 fully saturated rings. The van der Waals surface area contributed by atoms with E-state index in [4.69, 9.17) is 4.74 Å². The fourth-order valence-electron chi connectivity index (χ4n) is 2.61. The SMILES string of the molecule is Cc1cccc(C)c1-c1cccc(Oc2ccccc2)c1. The molecule has 1 heteroatoms. The molecule has 0 bridgehead atoms. The molecule has 1 nitrogen and oxygen atoms in total. The van der Waals surface area contributed by atoms with Gasteiger partial charge >= 0.3 is 0 Å². The van der Waals surface area contributed by atoms with Crippen molar-refractivity contribution in [1.29, 1.82) is 0 Å². The van der Waals surface area contributed by atoms with Crippen LogP contribution in [0.15, 0.2) is 72.8 Å². The minimum atomic E-state index is 0.858. The summed E-state index contributed by atoms with van der Waals surface area (Å²) in [6.45, 7) is 4.29. The number of aryl methyl sites for hydroxylation is 2. The molecule has 0 heterocycles. The first-order chi connectivity index (χ1) is 10.2. The Labute approximate surface area is 125 Å². The first kappa shape index (κ1) is 13.4. The fraction of sp³-hybridized carbons (Fsp3) is 0.100. The summed E-state index contributed by atoms with van der Waals surface area (Å²) in [7, 11) is 0. The third-order valence-electron chi connectivity index (χ3n) is 3.58. The molecule has 0 spiro atoms. The van der Waals surface area contributed by atoms with Crippen LogP contribution in [0, 0.1) is 13.8 Å². The molecule has 0 aliphatic rings. The highest BCUT2D eigenvalue weighted by atomic mass is 16.5. The lowest BCUT2D eigenvalue weighted by Crippen LogP contribution is -1.89. The van der Waals surface area contributed by atoms with Gasteiger partial charge in [0.1, 0.15) is 11.5 Å². The van der Waals surface area contributed by atoms with Gasteiger partial charge in [-0.15, -0.1) is 0 Å². The monoisotopic (exact) mass is 274 g/mol. The molecule has 0 aliphatic heterocycles. The minimum Gasteiger partial charge on any atom is -0.457 e. The molecule has 0 aliphatic carbocycles. The standard InChI is InChI=1S/C20H18O/c1-15-8-6-9-16(2)20(15)17-10-7-13-19(14-17)21-18-11-4-3-5-12-18/h3-14H,1-2H3. The van der Waals surface area contributed by atoms with Crippen LogP contribution >= 0.6 is 0 Å². The van der Waals surface area contributed by atoms with Crippen molar-refractivity contribution in [3.8, 4) is 22.6 Å². The van der Waals surface area contributed by atoms with E-state index < -0.39 is 0 Å². The van der Waals surface area contributed by atoms with Crippen LogP contribution in [0.2, 0.25) is 0 Å². The van der Waals surface area contributed by atoms with Crippen LogP contribution in [0.3, 0.4) is 0 Å². The zero-order valence-electron chi connectivity index (χ0n) is 12.3. The predicted octanol–water partition coefficient (Wildman–Crippen LogP) is 5.76. The Bertz CT molecular complexity index is 725. The van der Waals surface area contributed by atoms with Crippen molar-refractivity contribution in [2.45, 2.75) is 13.8 Å². The Morgan fingerprint density at radius 3 is 1.95 bits per heavy atom. The van der Waals surface area contributed by atoms with E-state index in [1.807, 2.05) is 42.5 Å². The van der Waals surface area contributed by atoms with Gasteiger partial charge in [0.25, 0.3) is 0 Å². The van der Waals surface area contributed by atoms with Gasteiger partial charge in [0, 0.05) is 0 Å². The molecular formula is C20H18O. The molecule has 0 radical (unpaired) electrons. The number of hydrogen-bond donors (Lipinski definition) is 0. The van der Waals surface area contributed by atoms with Crippen molar-refractivity contribution < 1.29 is 4.74 Å². The molecule has 3 aromatic carbocycles. The Morgan fingerprint density at radius 1 is 0.619 bits per heavy atom. The zero-order valence-corrected chi connectivity index (χ0v) is 12.3. The van der Waals surface area contributed by atoms with Gasteiger partial charge in [-0.2, -0.15) is 0 Å². The van der Waals surface area contributed by atoms with Crippen molar-refractivity contribution in [1.82, 2.24) is 0 Å². The van der Waals surface area contributed by atoms with Crippen molar-refractivity contribution in [3.63, 3.8) is 0 Å². The zero-order chi connectivity index (χ0) is 14.7. The predicted molar refractivity (Wildman–Crippen MR) is 87.9 cm³/mol. The van der Waals surface area contributed by atoms with E-state index in [0.29, 0.717) is 0 Å². The number of benzene rings is 3. The summed E-state index contributed by atoms with van der Waals surface area (Å²) >= 11 is 0. The Kier molecular flexibility index (Phi) is 3.74. The van der Waals surface area contributed by atoms with Gasteiger partial charge < -0.3 is 4.74 Å². The van der Waals surface area contributed by atoms with Gasteiger partial charge in [0.2, 0.25) is 0 Å². The van der Waals surface area contributed by atoms with Crippen molar-refractivity contribution in [2.75, 3.05) is 0 Å². The highest BCUT2D eigenvalue weighted by Crippen LogP contribution is 2.31. The molecular weight excluding hydrogens is 256 g/mol. The van der Waals surface area contributed by atoms with Crippen LogP contribution < -0.4 is 4.74 Å². The van der Waals surface area contributed by atoms with Gasteiger partial charge in [0.05, 0.1) is 0 Å². The van der Waals surface area contributed by atoms with Crippen LogP contribution in [0.25, 0.3) is 11.1 Å². The van der Waals surface area contributed by atoms with E-state index in [1.165, 1.54) is 22.3 Å². The van der Waals surface area contributed by atoms with E-state index >= 15 is 0 Å². The van der Waals surface area contributed by atoms with Crippen LogP contribution in [0.4, 0.5) is 0 Å². The van der Waals surface area contributed by atoms with Crippen LogP contribution in [0.1, 0.15) is 11.1 Å². The molecule has 0 N–H and O–H groups in total. The highest BCUT2D eigenvalue weighted by molar-refractivity contribution is 5.71. The van der Waals surface area contributed by atoms with Gasteiger partial charge in [-0.3, -0.25) is 0 Å². The first-order valence-corrected chi connectivity index (χ1v) is 7.13. The molecule has 0 unspecified atom stereocenters. The summed E-state index contributed by atoms with van der Waals surface area (Å²) in [5, 5.41) is 0. The van der Waals surface area contributed by atoms with E-state index in [1.54, 1.807) is 0 Å². The molecule has 104 valence electrons. The summed E-state index contributed by atoms with van der Waals surface area (Å²) in [6, 6.07) is 24.5. The maximum absolute atomic E-state index is 5.92. The van der Waals surface area contributed by atoms with Crippen LogP contribution in [-0.2, 0) is 0 Å². The maximum atomic E-state index is 5.92. The van der Waals surface area contributed by atoms with Crippen LogP contribution in [-0.4, -0.2) is 0 Å². The lowest BCUT2D eigenvalue weighted by molar-refractivity contribution is 0.483. The normalized spacial score (nSPS) is 10.4. The second kappa shape index (κ2) is 5.84. The minimum absolute atomic E-state index is 0.858. The molecule has 0 atom stereocenters. The molecule has 3 aromatic rings. The Morgan fingerprint density at radius 2 is 1.24 bits per heavy atom. The molecule has 3 rings (SSSR count). The number of rotatable bonds is 3. The topological polar surface area (TPSA) is 9.23 Å². The van der Waals surface area contributed by atoms with Gasteiger partial charge in [0.15, 0.2) is 0 Å². The fourth-order valence-corrected chi connectivity index (χ4v) is 2.61. The average Bonchev–Trinajstić information content (AvgIpc) is 2.48. The van der Waals surface area contributed by atoms with E-state index in [-0.39, 0.29) is 0 Å². The third kappa shape index (κ3) is 2.97. The Hall–Kier alpha value is -2.54. The highest BCUT2D eigenvalue weighted by Gasteiger charge is 2.06. The van der Waals surface area contributed by atoms with Crippen molar-refractivity contribution >= 4 is 0 Å². The van der Waals surface area contributed by atoms with Gasteiger partial charge in [-0.05, 0) is 60.4 Å². The second-order valence-corrected chi connectivity index (χ2v) is 5.21. The second-order valence-electron chi connectivity index (χ2n) is 5.21. The van der Waals surface area contributed by atoms with Gasteiger partial charge in [-0.1, -0.05) is 48.5 Å². The summed E-state index contributed by atoms with van der Waals surface area (Å²) in [6.07, 6.45) is 0. The molecule has 21 heavy (non-hydrogen) atoms. The molecule has 0 saturated heterocycles. The van der Waals surface area contributed by atoms with Crippen molar-refractivity contribution in [2.24, 2.45) is 0 Å². The van der Waals surface area contributed by atoms with Crippen molar-refractivity contribution in [3.05, 3.63) is 83.9 Å². The maximum Gasteiger partial charge on any atom is 0.128 e. The van der Waals surface area contributed by atoms with Crippen LogP contribution in [0.5, 0.6) is 11.5 Å². The number of para-hydroxylation sites is 1. The third-order valence-corrected chi connectivity index (χ3v) is 3.58. The lowest BCUT2D eigenvalue weighted by atomic mass is 9.96. The van der Waals surface area contributed by atoms with E-state index in [9.17, 15) is 0 Å². The Balaban J connectivity index is 1.97.